The first-order chi connectivity index (χ1) is 17.2. The first-order valence-corrected chi connectivity index (χ1v) is 13.1. The van der Waals surface area contributed by atoms with Crippen LogP contribution in [-0.4, -0.2) is 28.4 Å². The zero-order valence-electron chi connectivity index (χ0n) is 18.8. The van der Waals surface area contributed by atoms with Gasteiger partial charge in [-0.2, -0.15) is 9.78 Å². The lowest BCUT2D eigenvalue weighted by atomic mass is 10.2. The highest BCUT2D eigenvalue weighted by atomic mass is 79.9. The third-order valence-electron chi connectivity index (χ3n) is 4.99. The Labute approximate surface area is 230 Å². The minimum Gasteiger partial charge on any atom is -0.481 e. The Kier molecular flexibility index (Phi) is 8.32. The third kappa shape index (κ3) is 6.08. The minimum atomic E-state index is -0.447. The summed E-state index contributed by atoms with van der Waals surface area (Å²) in [5.41, 5.74) is 1.36. The molecule has 36 heavy (non-hydrogen) atoms. The largest absolute Gasteiger partial charge is 0.481 e. The SMILES string of the molecule is CCc1nc2ccc(Br)cc2c(=O)n1N=Cc1cc(Br)c(OCC(=O)Nc2cccc(F)c2)c(Br)c1. The molecular weight excluding hydrogens is 663 g/mol. The predicted molar refractivity (Wildman–Crippen MR) is 148 cm³/mol. The van der Waals surface area contributed by atoms with E-state index in [0.29, 0.717) is 49.1 Å². The number of hydrogen-bond acceptors (Lipinski definition) is 5. The van der Waals surface area contributed by atoms with E-state index in [2.05, 4.69) is 63.2 Å². The molecule has 1 aromatic heterocycles. The summed E-state index contributed by atoms with van der Waals surface area (Å²) >= 11 is 10.3. The summed E-state index contributed by atoms with van der Waals surface area (Å²) in [7, 11) is 0. The number of carbonyl (C=O) groups is 1. The number of halogens is 4. The van der Waals surface area contributed by atoms with Gasteiger partial charge in [0.1, 0.15) is 17.4 Å². The minimum absolute atomic E-state index is 0.267. The van der Waals surface area contributed by atoms with Crippen LogP contribution in [0.4, 0.5) is 10.1 Å². The molecule has 1 amide bonds. The molecule has 0 saturated carbocycles. The van der Waals surface area contributed by atoms with Crippen LogP contribution in [0, 0.1) is 5.82 Å². The first kappa shape index (κ1) is 26.2. The van der Waals surface area contributed by atoms with Gasteiger partial charge in [-0.3, -0.25) is 9.59 Å². The number of rotatable bonds is 7. The Balaban J connectivity index is 1.53. The molecule has 0 atom stereocenters. The summed E-state index contributed by atoms with van der Waals surface area (Å²) in [4.78, 5) is 29.8. The number of nitrogens with zero attached hydrogens (tertiary/aromatic N) is 3. The number of fused-ring (bicyclic) bond motifs is 1. The number of ether oxygens (including phenoxy) is 1. The topological polar surface area (TPSA) is 85.6 Å². The molecule has 3 aromatic carbocycles. The van der Waals surface area contributed by atoms with E-state index < -0.39 is 11.7 Å². The smallest absolute Gasteiger partial charge is 0.282 e. The summed E-state index contributed by atoms with van der Waals surface area (Å²) < 4.78 is 22.2. The van der Waals surface area contributed by atoms with Gasteiger partial charge in [-0.1, -0.05) is 28.9 Å². The Morgan fingerprint density at radius 3 is 2.58 bits per heavy atom. The zero-order valence-corrected chi connectivity index (χ0v) is 23.5. The second kappa shape index (κ2) is 11.4. The Bertz CT molecular complexity index is 1530. The van der Waals surface area contributed by atoms with Gasteiger partial charge in [0.25, 0.3) is 11.5 Å². The van der Waals surface area contributed by atoms with E-state index in [1.54, 1.807) is 36.5 Å². The lowest BCUT2D eigenvalue weighted by Crippen LogP contribution is -2.22. The lowest BCUT2D eigenvalue weighted by molar-refractivity contribution is -0.118. The standard InChI is InChI=1S/C25H18Br3FN4O3/c1-2-22-32-21-7-6-15(26)10-18(21)25(35)33(22)30-12-14-8-19(27)24(20(28)9-14)36-13-23(34)31-17-5-3-4-16(29)11-17/h3-12H,2,13H2,1H3,(H,31,34). The maximum absolute atomic E-state index is 13.3. The second-order valence-corrected chi connectivity index (χ2v) is 10.2. The summed E-state index contributed by atoms with van der Waals surface area (Å²) in [6.45, 7) is 1.62. The molecule has 0 aliphatic rings. The molecule has 0 bridgehead atoms. The van der Waals surface area contributed by atoms with Gasteiger partial charge in [0.05, 0.1) is 26.1 Å². The van der Waals surface area contributed by atoms with E-state index >= 15 is 0 Å². The van der Waals surface area contributed by atoms with Gasteiger partial charge in [-0.15, -0.1) is 0 Å². The van der Waals surface area contributed by atoms with E-state index in [4.69, 9.17) is 4.74 Å². The monoisotopic (exact) mass is 678 g/mol. The van der Waals surface area contributed by atoms with Gasteiger partial charge in [-0.05, 0) is 86.0 Å². The van der Waals surface area contributed by atoms with Crippen LogP contribution in [0.25, 0.3) is 10.9 Å². The number of benzene rings is 3. The van der Waals surface area contributed by atoms with E-state index in [1.165, 1.54) is 22.9 Å². The van der Waals surface area contributed by atoms with Crippen molar-refractivity contribution in [3.63, 3.8) is 0 Å². The van der Waals surface area contributed by atoms with Crippen LogP contribution in [0.15, 0.2) is 77.9 Å². The predicted octanol–water partition coefficient (Wildman–Crippen LogP) is 6.29. The summed E-state index contributed by atoms with van der Waals surface area (Å²) in [5, 5.41) is 7.43. The van der Waals surface area contributed by atoms with Crippen LogP contribution in [-0.2, 0) is 11.2 Å². The number of nitrogens with one attached hydrogen (secondary N) is 1. The molecule has 0 aliphatic carbocycles. The van der Waals surface area contributed by atoms with Crippen LogP contribution in [0.1, 0.15) is 18.3 Å². The van der Waals surface area contributed by atoms with Gasteiger partial charge in [0.2, 0.25) is 0 Å². The molecule has 0 radical (unpaired) electrons. The van der Waals surface area contributed by atoms with E-state index in [1.807, 2.05) is 13.0 Å². The highest BCUT2D eigenvalue weighted by Gasteiger charge is 2.13. The van der Waals surface area contributed by atoms with Gasteiger partial charge in [0.15, 0.2) is 6.61 Å². The number of carbonyl (C=O) groups excluding carboxylic acids is 1. The second-order valence-electron chi connectivity index (χ2n) is 7.57. The van der Waals surface area contributed by atoms with Crippen LogP contribution < -0.4 is 15.6 Å². The lowest BCUT2D eigenvalue weighted by Gasteiger charge is -2.12. The van der Waals surface area contributed by atoms with Crippen molar-refractivity contribution in [2.45, 2.75) is 13.3 Å². The van der Waals surface area contributed by atoms with Crippen molar-refractivity contribution >= 4 is 76.5 Å². The van der Waals surface area contributed by atoms with Crippen molar-refractivity contribution in [2.24, 2.45) is 5.10 Å². The van der Waals surface area contributed by atoms with Crippen molar-refractivity contribution in [2.75, 3.05) is 11.9 Å². The van der Waals surface area contributed by atoms with Crippen molar-refractivity contribution in [3.05, 3.63) is 95.6 Å². The fourth-order valence-electron chi connectivity index (χ4n) is 3.36. The Hall–Kier alpha value is -2.89. The van der Waals surface area contributed by atoms with Crippen molar-refractivity contribution in [3.8, 4) is 5.75 Å². The molecular formula is C25H18Br3FN4O3. The van der Waals surface area contributed by atoms with Gasteiger partial charge >= 0.3 is 0 Å². The average molecular weight is 681 g/mol. The van der Waals surface area contributed by atoms with Crippen molar-refractivity contribution in [1.29, 1.82) is 0 Å². The maximum atomic E-state index is 13.3. The highest BCUT2D eigenvalue weighted by Crippen LogP contribution is 2.34. The van der Waals surface area contributed by atoms with E-state index in [0.717, 1.165) is 4.47 Å². The van der Waals surface area contributed by atoms with Crippen molar-refractivity contribution in [1.82, 2.24) is 9.66 Å². The molecule has 4 rings (SSSR count). The molecule has 1 N–H and O–H groups in total. The quantitative estimate of drug-likeness (QED) is 0.233. The van der Waals surface area contributed by atoms with Crippen molar-refractivity contribution < 1.29 is 13.9 Å². The summed E-state index contributed by atoms with van der Waals surface area (Å²) in [6, 6.07) is 14.4. The highest BCUT2D eigenvalue weighted by molar-refractivity contribution is 9.11. The maximum Gasteiger partial charge on any atom is 0.282 e. The molecule has 7 nitrogen and oxygen atoms in total. The fourth-order valence-corrected chi connectivity index (χ4v) is 5.17. The number of aryl methyl sites for hydroxylation is 1. The molecule has 11 heteroatoms. The molecule has 0 aliphatic heterocycles. The number of hydrogen-bond donors (Lipinski definition) is 1. The van der Waals surface area contributed by atoms with Crippen LogP contribution in [0.3, 0.4) is 0 Å². The molecule has 1 heterocycles. The molecule has 0 fully saturated rings. The summed E-state index contributed by atoms with van der Waals surface area (Å²) in [6.07, 6.45) is 2.07. The summed E-state index contributed by atoms with van der Waals surface area (Å²) in [5.74, 6) is 0.0581. The van der Waals surface area contributed by atoms with Gasteiger partial charge in [0, 0.05) is 16.6 Å². The number of anilines is 1. The Morgan fingerprint density at radius 2 is 1.89 bits per heavy atom. The van der Waals surface area contributed by atoms with Gasteiger partial charge < -0.3 is 10.1 Å². The van der Waals surface area contributed by atoms with E-state index in [-0.39, 0.29) is 12.2 Å². The number of amides is 1. The molecule has 0 spiro atoms. The molecule has 4 aromatic rings. The number of aromatic nitrogens is 2. The molecule has 184 valence electrons. The molecule has 0 unspecified atom stereocenters. The van der Waals surface area contributed by atoms with Crippen LogP contribution >= 0.6 is 47.8 Å². The Morgan fingerprint density at radius 1 is 1.14 bits per heavy atom. The van der Waals surface area contributed by atoms with Gasteiger partial charge in [-0.25, -0.2) is 9.37 Å². The first-order valence-electron chi connectivity index (χ1n) is 10.7. The zero-order chi connectivity index (χ0) is 25.8. The van der Waals surface area contributed by atoms with E-state index in [9.17, 15) is 14.0 Å². The average Bonchev–Trinajstić information content (AvgIpc) is 2.83. The third-order valence-corrected chi connectivity index (χ3v) is 6.66. The molecule has 0 saturated heterocycles. The fraction of sp³-hybridized carbons (Fsp3) is 0.120. The normalized spacial score (nSPS) is 11.2. The van der Waals surface area contributed by atoms with Crippen LogP contribution in [0.5, 0.6) is 5.75 Å². The van der Waals surface area contributed by atoms with Crippen LogP contribution in [0.2, 0.25) is 0 Å².